The number of methoxy groups -OCH3 is 1. The zero-order valence-electron chi connectivity index (χ0n) is 8.56. The van der Waals surface area contributed by atoms with Crippen LogP contribution in [0.25, 0.3) is 0 Å². The molecule has 4 heteroatoms. The van der Waals surface area contributed by atoms with Gasteiger partial charge in [0.1, 0.15) is 6.26 Å². The fraction of sp³-hybridized carbons (Fsp3) is 0.182. The maximum atomic E-state index is 5.42. The summed E-state index contributed by atoms with van der Waals surface area (Å²) in [7, 11) is 1.59. The molecule has 0 aliphatic carbocycles. The van der Waals surface area contributed by atoms with Crippen molar-refractivity contribution in [2.75, 3.05) is 7.11 Å². The van der Waals surface area contributed by atoms with E-state index >= 15 is 0 Å². The average Bonchev–Trinajstić information content (AvgIpc) is 2.65. The van der Waals surface area contributed by atoms with Crippen molar-refractivity contribution < 1.29 is 13.9 Å². The summed E-state index contributed by atoms with van der Waals surface area (Å²) in [4.78, 5) is 4.04. The van der Waals surface area contributed by atoms with Crippen LogP contribution >= 0.6 is 0 Å². The summed E-state index contributed by atoms with van der Waals surface area (Å²) in [6, 6.07) is 7.32. The van der Waals surface area contributed by atoms with Crippen LogP contribution in [0, 0.1) is 6.92 Å². The molecule has 0 amide bonds. The van der Waals surface area contributed by atoms with Gasteiger partial charge in [0, 0.05) is 0 Å². The third-order valence-electron chi connectivity index (χ3n) is 1.86. The van der Waals surface area contributed by atoms with Gasteiger partial charge in [-0.2, -0.15) is 4.98 Å². The van der Waals surface area contributed by atoms with Gasteiger partial charge in [-0.15, -0.1) is 0 Å². The summed E-state index contributed by atoms with van der Waals surface area (Å²) in [5, 5.41) is 0. The SMILES string of the molecule is COc1ccccc1Oc1nc(C)co1. The van der Waals surface area contributed by atoms with E-state index in [0.717, 1.165) is 5.69 Å². The quantitative estimate of drug-likeness (QED) is 0.772. The van der Waals surface area contributed by atoms with Crippen LogP contribution in [0.1, 0.15) is 5.69 Å². The van der Waals surface area contributed by atoms with Gasteiger partial charge in [0.05, 0.1) is 12.8 Å². The molecule has 0 saturated heterocycles. The van der Waals surface area contributed by atoms with Crippen molar-refractivity contribution in [2.24, 2.45) is 0 Å². The van der Waals surface area contributed by atoms with Crippen molar-refractivity contribution in [3.8, 4) is 17.6 Å². The van der Waals surface area contributed by atoms with Crippen LogP contribution in [-0.2, 0) is 0 Å². The van der Waals surface area contributed by atoms with Gasteiger partial charge in [-0.25, -0.2) is 0 Å². The lowest BCUT2D eigenvalue weighted by molar-refractivity contribution is 0.310. The average molecular weight is 205 g/mol. The van der Waals surface area contributed by atoms with Gasteiger partial charge in [-0.3, -0.25) is 0 Å². The number of ether oxygens (including phenoxy) is 2. The van der Waals surface area contributed by atoms with Crippen LogP contribution in [-0.4, -0.2) is 12.1 Å². The number of aryl methyl sites for hydroxylation is 1. The summed E-state index contributed by atoms with van der Waals surface area (Å²) < 4.78 is 15.6. The van der Waals surface area contributed by atoms with Crippen LogP contribution in [0.4, 0.5) is 0 Å². The molecule has 0 spiro atoms. The molecule has 0 unspecified atom stereocenters. The second-order valence-electron chi connectivity index (χ2n) is 3.01. The van der Waals surface area contributed by atoms with Crippen LogP contribution in [0.15, 0.2) is 34.9 Å². The van der Waals surface area contributed by atoms with Gasteiger partial charge < -0.3 is 13.9 Å². The minimum absolute atomic E-state index is 0.219. The molecule has 0 bridgehead atoms. The highest BCUT2D eigenvalue weighted by molar-refractivity contribution is 5.40. The van der Waals surface area contributed by atoms with Crippen LogP contribution in [0.5, 0.6) is 17.6 Å². The maximum absolute atomic E-state index is 5.42. The highest BCUT2D eigenvalue weighted by atomic mass is 16.6. The van der Waals surface area contributed by atoms with Crippen molar-refractivity contribution in [1.29, 1.82) is 0 Å². The number of hydrogen-bond donors (Lipinski definition) is 0. The van der Waals surface area contributed by atoms with Crippen LogP contribution in [0.2, 0.25) is 0 Å². The first kappa shape index (κ1) is 9.58. The van der Waals surface area contributed by atoms with Gasteiger partial charge in [0.2, 0.25) is 0 Å². The summed E-state index contributed by atoms with van der Waals surface area (Å²) in [5.41, 5.74) is 0.778. The predicted octanol–water partition coefficient (Wildman–Crippen LogP) is 2.78. The normalized spacial score (nSPS) is 10.0. The maximum Gasteiger partial charge on any atom is 0.399 e. The van der Waals surface area contributed by atoms with Crippen LogP contribution in [0.3, 0.4) is 0 Å². The molecule has 0 fully saturated rings. The lowest BCUT2D eigenvalue weighted by atomic mass is 10.3. The fourth-order valence-electron chi connectivity index (χ4n) is 1.18. The molecule has 78 valence electrons. The Morgan fingerprint density at radius 1 is 1.20 bits per heavy atom. The molecular formula is C11H11NO3. The molecule has 0 atom stereocenters. The van der Waals surface area contributed by atoms with E-state index in [1.807, 2.05) is 25.1 Å². The summed E-state index contributed by atoms with van der Waals surface area (Å²) >= 11 is 0. The Morgan fingerprint density at radius 3 is 2.53 bits per heavy atom. The second kappa shape index (κ2) is 4.04. The minimum Gasteiger partial charge on any atom is -0.493 e. The van der Waals surface area contributed by atoms with Crippen molar-refractivity contribution in [3.05, 3.63) is 36.2 Å². The number of aromatic nitrogens is 1. The number of para-hydroxylation sites is 2. The Morgan fingerprint density at radius 2 is 1.93 bits per heavy atom. The van der Waals surface area contributed by atoms with E-state index < -0.39 is 0 Å². The van der Waals surface area contributed by atoms with Gasteiger partial charge >= 0.3 is 6.08 Å². The monoisotopic (exact) mass is 205 g/mol. The number of nitrogens with zero attached hydrogens (tertiary/aromatic N) is 1. The Bertz CT molecular complexity index is 451. The minimum atomic E-state index is 0.219. The van der Waals surface area contributed by atoms with Crippen molar-refractivity contribution in [3.63, 3.8) is 0 Å². The molecule has 15 heavy (non-hydrogen) atoms. The first-order valence-corrected chi connectivity index (χ1v) is 4.52. The molecule has 0 saturated carbocycles. The summed E-state index contributed by atoms with van der Waals surface area (Å²) in [5.74, 6) is 1.23. The van der Waals surface area contributed by atoms with Crippen LogP contribution < -0.4 is 9.47 Å². The van der Waals surface area contributed by atoms with E-state index in [9.17, 15) is 0 Å². The number of hydrogen-bond acceptors (Lipinski definition) is 4. The van der Waals surface area contributed by atoms with E-state index in [4.69, 9.17) is 13.9 Å². The highest BCUT2D eigenvalue weighted by Gasteiger charge is 2.07. The first-order chi connectivity index (χ1) is 7.29. The van der Waals surface area contributed by atoms with E-state index in [-0.39, 0.29) is 6.08 Å². The molecular weight excluding hydrogens is 194 g/mol. The molecule has 0 aliphatic rings. The Labute approximate surface area is 87.5 Å². The first-order valence-electron chi connectivity index (χ1n) is 4.52. The topological polar surface area (TPSA) is 44.5 Å². The van der Waals surface area contributed by atoms with Crippen molar-refractivity contribution in [2.45, 2.75) is 6.92 Å². The lowest BCUT2D eigenvalue weighted by Gasteiger charge is -2.05. The second-order valence-corrected chi connectivity index (χ2v) is 3.01. The number of rotatable bonds is 3. The molecule has 1 heterocycles. The third-order valence-corrected chi connectivity index (χ3v) is 1.86. The molecule has 4 nitrogen and oxygen atoms in total. The Hall–Kier alpha value is -1.97. The van der Waals surface area contributed by atoms with E-state index in [0.29, 0.717) is 11.5 Å². The Kier molecular flexibility index (Phi) is 2.58. The van der Waals surface area contributed by atoms with Gasteiger partial charge in [-0.1, -0.05) is 12.1 Å². The smallest absolute Gasteiger partial charge is 0.399 e. The molecule has 2 aromatic rings. The van der Waals surface area contributed by atoms with Gasteiger partial charge in [0.25, 0.3) is 0 Å². The van der Waals surface area contributed by atoms with Crippen molar-refractivity contribution in [1.82, 2.24) is 4.98 Å². The highest BCUT2D eigenvalue weighted by Crippen LogP contribution is 2.30. The van der Waals surface area contributed by atoms with Gasteiger partial charge in [-0.05, 0) is 19.1 Å². The van der Waals surface area contributed by atoms with E-state index in [1.54, 1.807) is 13.2 Å². The molecule has 2 rings (SSSR count). The lowest BCUT2D eigenvalue weighted by Crippen LogP contribution is -1.89. The Balaban J connectivity index is 2.23. The zero-order valence-corrected chi connectivity index (χ0v) is 8.56. The number of benzene rings is 1. The third kappa shape index (κ3) is 2.10. The van der Waals surface area contributed by atoms with Gasteiger partial charge in [0.15, 0.2) is 11.5 Å². The zero-order chi connectivity index (χ0) is 10.7. The van der Waals surface area contributed by atoms with E-state index in [2.05, 4.69) is 4.98 Å². The largest absolute Gasteiger partial charge is 0.493 e. The molecule has 1 aromatic carbocycles. The standard InChI is InChI=1S/C11H11NO3/c1-8-7-14-11(12-8)15-10-6-4-3-5-9(10)13-2/h3-7H,1-2H3. The van der Waals surface area contributed by atoms with E-state index in [1.165, 1.54) is 6.26 Å². The summed E-state index contributed by atoms with van der Waals surface area (Å²) in [6.45, 7) is 1.83. The molecule has 0 aliphatic heterocycles. The fourth-order valence-corrected chi connectivity index (χ4v) is 1.18. The molecule has 1 aromatic heterocycles. The molecule has 0 N–H and O–H groups in total. The van der Waals surface area contributed by atoms with Crippen molar-refractivity contribution >= 4 is 0 Å². The summed E-state index contributed by atoms with van der Waals surface area (Å²) in [6.07, 6.45) is 1.75. The molecule has 0 radical (unpaired) electrons. The predicted molar refractivity (Wildman–Crippen MR) is 54.3 cm³/mol. The number of oxazole rings is 1.